The van der Waals surface area contributed by atoms with Gasteiger partial charge < -0.3 is 9.47 Å². The number of pyridine rings is 1. The van der Waals surface area contributed by atoms with Crippen LogP contribution in [0.25, 0.3) is 0 Å². The molecule has 0 saturated carbocycles. The molecule has 0 aliphatic rings. The first-order chi connectivity index (χ1) is 5.93. The Kier molecular flexibility index (Phi) is 4.34. The van der Waals surface area contributed by atoms with Crippen molar-refractivity contribution in [2.24, 2.45) is 0 Å². The average molecular weight is 167 g/mol. The summed E-state index contributed by atoms with van der Waals surface area (Å²) in [5, 5.41) is 0. The molecule has 0 N–H and O–H groups in total. The van der Waals surface area contributed by atoms with E-state index in [0.717, 1.165) is 5.69 Å². The molecule has 0 fully saturated rings. The highest BCUT2D eigenvalue weighted by molar-refractivity contribution is 5.01. The van der Waals surface area contributed by atoms with E-state index >= 15 is 0 Å². The lowest BCUT2D eigenvalue weighted by Crippen LogP contribution is -2.02. The Hall–Kier alpha value is -0.930. The predicted molar refractivity (Wildman–Crippen MR) is 45.8 cm³/mol. The van der Waals surface area contributed by atoms with Gasteiger partial charge in [0, 0.05) is 13.3 Å². The Labute approximate surface area is 72.3 Å². The van der Waals surface area contributed by atoms with Crippen molar-refractivity contribution in [2.45, 2.75) is 6.61 Å². The maximum atomic E-state index is 5.27. The van der Waals surface area contributed by atoms with Crippen molar-refractivity contribution in [1.29, 1.82) is 0 Å². The van der Waals surface area contributed by atoms with Crippen LogP contribution in [0.3, 0.4) is 0 Å². The van der Waals surface area contributed by atoms with Gasteiger partial charge in [0.1, 0.15) is 0 Å². The maximum absolute atomic E-state index is 5.27. The highest BCUT2D eigenvalue weighted by Gasteiger charge is 1.91. The normalized spacial score (nSPS) is 10.1. The molecule has 66 valence electrons. The van der Waals surface area contributed by atoms with Gasteiger partial charge in [0.25, 0.3) is 0 Å². The third-order valence-corrected chi connectivity index (χ3v) is 1.41. The standard InChI is InChI=1S/C9H13NO2/c1-11-6-7-12-8-9-4-2-3-5-10-9/h2-5H,6-8H2,1H3. The lowest BCUT2D eigenvalue weighted by atomic mass is 10.4. The molecule has 0 aromatic carbocycles. The van der Waals surface area contributed by atoms with Gasteiger partial charge in [0.2, 0.25) is 0 Å². The number of rotatable bonds is 5. The van der Waals surface area contributed by atoms with Gasteiger partial charge in [0.05, 0.1) is 25.5 Å². The molecule has 0 amide bonds. The zero-order valence-corrected chi connectivity index (χ0v) is 7.19. The molecular formula is C9H13NO2. The van der Waals surface area contributed by atoms with Gasteiger partial charge in [-0.25, -0.2) is 0 Å². The summed E-state index contributed by atoms with van der Waals surface area (Å²) in [5.41, 5.74) is 0.952. The van der Waals surface area contributed by atoms with Crippen LogP contribution in [0.1, 0.15) is 5.69 Å². The lowest BCUT2D eigenvalue weighted by molar-refractivity contribution is 0.0602. The molecule has 0 spiro atoms. The number of nitrogens with zero attached hydrogens (tertiary/aromatic N) is 1. The number of methoxy groups -OCH3 is 1. The van der Waals surface area contributed by atoms with E-state index in [-0.39, 0.29) is 0 Å². The van der Waals surface area contributed by atoms with Crippen molar-refractivity contribution in [3.8, 4) is 0 Å². The summed E-state index contributed by atoms with van der Waals surface area (Å²) in [5.74, 6) is 0. The highest BCUT2D eigenvalue weighted by Crippen LogP contribution is 1.95. The van der Waals surface area contributed by atoms with Crippen LogP contribution in [0.5, 0.6) is 0 Å². The van der Waals surface area contributed by atoms with E-state index in [0.29, 0.717) is 19.8 Å². The topological polar surface area (TPSA) is 31.4 Å². The van der Waals surface area contributed by atoms with Crippen molar-refractivity contribution in [3.63, 3.8) is 0 Å². The molecule has 3 heteroatoms. The largest absolute Gasteiger partial charge is 0.382 e. The van der Waals surface area contributed by atoms with Crippen molar-refractivity contribution in [1.82, 2.24) is 4.98 Å². The lowest BCUT2D eigenvalue weighted by Gasteiger charge is -2.01. The molecule has 1 heterocycles. The minimum absolute atomic E-state index is 0.560. The molecule has 0 aliphatic carbocycles. The fourth-order valence-corrected chi connectivity index (χ4v) is 0.803. The van der Waals surface area contributed by atoms with Crippen molar-refractivity contribution in [3.05, 3.63) is 30.1 Å². The highest BCUT2D eigenvalue weighted by atomic mass is 16.5. The molecule has 0 aliphatic heterocycles. The van der Waals surface area contributed by atoms with Crippen LogP contribution >= 0.6 is 0 Å². The summed E-state index contributed by atoms with van der Waals surface area (Å²) >= 11 is 0. The summed E-state index contributed by atoms with van der Waals surface area (Å²) < 4.78 is 10.1. The molecule has 1 rings (SSSR count). The fraction of sp³-hybridized carbons (Fsp3) is 0.444. The van der Waals surface area contributed by atoms with Gasteiger partial charge in [-0.2, -0.15) is 0 Å². The van der Waals surface area contributed by atoms with Crippen LogP contribution in [-0.2, 0) is 16.1 Å². The summed E-state index contributed by atoms with van der Waals surface area (Å²) in [7, 11) is 1.66. The first-order valence-electron chi connectivity index (χ1n) is 3.90. The Balaban J connectivity index is 2.16. The monoisotopic (exact) mass is 167 g/mol. The minimum Gasteiger partial charge on any atom is -0.382 e. The van der Waals surface area contributed by atoms with E-state index in [1.165, 1.54) is 0 Å². The molecule has 0 bridgehead atoms. The summed E-state index contributed by atoms with van der Waals surface area (Å²) in [6, 6.07) is 5.77. The van der Waals surface area contributed by atoms with E-state index in [4.69, 9.17) is 9.47 Å². The molecule has 12 heavy (non-hydrogen) atoms. The molecule has 0 unspecified atom stereocenters. The van der Waals surface area contributed by atoms with E-state index in [2.05, 4.69) is 4.98 Å². The molecule has 3 nitrogen and oxygen atoms in total. The Morgan fingerprint density at radius 3 is 2.92 bits per heavy atom. The summed E-state index contributed by atoms with van der Waals surface area (Å²) in [6.07, 6.45) is 1.76. The smallest absolute Gasteiger partial charge is 0.0889 e. The first kappa shape index (κ1) is 9.16. The molecule has 0 radical (unpaired) electrons. The van der Waals surface area contributed by atoms with E-state index in [1.807, 2.05) is 18.2 Å². The second-order valence-corrected chi connectivity index (χ2v) is 2.37. The van der Waals surface area contributed by atoms with Crippen LogP contribution in [0.4, 0.5) is 0 Å². The Bertz CT molecular complexity index is 201. The fourth-order valence-electron chi connectivity index (χ4n) is 0.803. The molecular weight excluding hydrogens is 154 g/mol. The maximum Gasteiger partial charge on any atom is 0.0889 e. The molecule has 0 saturated heterocycles. The molecule has 0 atom stereocenters. The third-order valence-electron chi connectivity index (χ3n) is 1.41. The Morgan fingerprint density at radius 1 is 1.33 bits per heavy atom. The first-order valence-corrected chi connectivity index (χ1v) is 3.90. The van der Waals surface area contributed by atoms with Gasteiger partial charge in [-0.15, -0.1) is 0 Å². The van der Waals surface area contributed by atoms with Gasteiger partial charge in [-0.1, -0.05) is 6.07 Å². The number of ether oxygens (including phenoxy) is 2. The van der Waals surface area contributed by atoms with Gasteiger partial charge >= 0.3 is 0 Å². The Morgan fingerprint density at radius 2 is 2.25 bits per heavy atom. The van der Waals surface area contributed by atoms with Gasteiger partial charge in [0.15, 0.2) is 0 Å². The second kappa shape index (κ2) is 5.69. The van der Waals surface area contributed by atoms with Crippen molar-refractivity contribution < 1.29 is 9.47 Å². The quantitative estimate of drug-likeness (QED) is 0.618. The predicted octanol–water partition coefficient (Wildman–Crippen LogP) is 1.24. The van der Waals surface area contributed by atoms with Crippen molar-refractivity contribution in [2.75, 3.05) is 20.3 Å². The summed E-state index contributed by atoms with van der Waals surface area (Å²) in [6.45, 7) is 1.81. The molecule has 1 aromatic rings. The number of hydrogen-bond donors (Lipinski definition) is 0. The van der Waals surface area contributed by atoms with E-state index < -0.39 is 0 Å². The minimum atomic E-state index is 0.560. The van der Waals surface area contributed by atoms with Crippen LogP contribution in [0.15, 0.2) is 24.4 Å². The summed E-state index contributed by atoms with van der Waals surface area (Å²) in [4.78, 5) is 4.11. The van der Waals surface area contributed by atoms with Crippen LogP contribution < -0.4 is 0 Å². The van der Waals surface area contributed by atoms with Crippen LogP contribution in [0, 0.1) is 0 Å². The van der Waals surface area contributed by atoms with Gasteiger partial charge in [-0.05, 0) is 12.1 Å². The zero-order valence-electron chi connectivity index (χ0n) is 7.19. The SMILES string of the molecule is COCCOCc1ccccn1. The van der Waals surface area contributed by atoms with E-state index in [1.54, 1.807) is 13.3 Å². The zero-order chi connectivity index (χ0) is 8.65. The molecule has 1 aromatic heterocycles. The average Bonchev–Trinajstić information content (AvgIpc) is 2.14. The number of hydrogen-bond acceptors (Lipinski definition) is 3. The van der Waals surface area contributed by atoms with Crippen molar-refractivity contribution >= 4 is 0 Å². The van der Waals surface area contributed by atoms with Crippen LogP contribution in [0.2, 0.25) is 0 Å². The third kappa shape index (κ3) is 3.46. The van der Waals surface area contributed by atoms with Crippen LogP contribution in [-0.4, -0.2) is 25.3 Å². The second-order valence-electron chi connectivity index (χ2n) is 2.37. The van der Waals surface area contributed by atoms with E-state index in [9.17, 15) is 0 Å². The number of aromatic nitrogens is 1. The van der Waals surface area contributed by atoms with Gasteiger partial charge in [-0.3, -0.25) is 4.98 Å².